The normalized spacial score (nSPS) is 17.4. The van der Waals surface area contributed by atoms with Crippen molar-refractivity contribution < 1.29 is 23.1 Å². The van der Waals surface area contributed by atoms with Crippen LogP contribution in [0, 0.1) is 5.92 Å². The number of benzene rings is 1. The summed E-state index contributed by atoms with van der Waals surface area (Å²) in [5, 5.41) is 11.4. The Kier molecular flexibility index (Phi) is 11.1. The molecule has 9 nitrogen and oxygen atoms in total. The number of nitrogens with one attached hydrogen (secondary N) is 1. The minimum absolute atomic E-state index is 0.00811. The number of hydrogen-bond acceptors (Lipinski definition) is 8. The van der Waals surface area contributed by atoms with Gasteiger partial charge in [0, 0.05) is 48.8 Å². The van der Waals surface area contributed by atoms with Crippen molar-refractivity contribution in [1.29, 1.82) is 0 Å². The lowest BCUT2D eigenvalue weighted by Gasteiger charge is -2.32. The fourth-order valence-corrected chi connectivity index (χ4v) is 5.54. The number of pyridine rings is 1. The van der Waals surface area contributed by atoms with Gasteiger partial charge in [0.25, 0.3) is 0 Å². The molecule has 5 rings (SSSR count). The highest BCUT2D eigenvalue weighted by Crippen LogP contribution is 2.40. The third-order valence-corrected chi connectivity index (χ3v) is 7.90. The summed E-state index contributed by atoms with van der Waals surface area (Å²) < 4.78 is 29.8. The zero-order valence-corrected chi connectivity index (χ0v) is 24.8. The van der Waals surface area contributed by atoms with Crippen molar-refractivity contribution >= 4 is 38.6 Å². The van der Waals surface area contributed by atoms with Crippen LogP contribution in [0.3, 0.4) is 0 Å². The first-order chi connectivity index (χ1) is 18.6. The van der Waals surface area contributed by atoms with E-state index < -0.39 is 9.84 Å². The second-order valence-corrected chi connectivity index (χ2v) is 12.2. The van der Waals surface area contributed by atoms with E-state index in [-0.39, 0.29) is 29.4 Å². The molecule has 1 aromatic carbocycles. The van der Waals surface area contributed by atoms with E-state index in [2.05, 4.69) is 27.3 Å². The van der Waals surface area contributed by atoms with E-state index in [1.807, 2.05) is 24.8 Å². The maximum atomic E-state index is 13.8. The first kappa shape index (κ1) is 30.8. The number of anilines is 4. The van der Waals surface area contributed by atoms with Crippen LogP contribution in [-0.4, -0.2) is 63.1 Å². The molecular formula is C29H44N4O5S. The highest BCUT2D eigenvalue weighted by molar-refractivity contribution is 7.90. The molecule has 1 aliphatic carbocycles. The van der Waals surface area contributed by atoms with Gasteiger partial charge in [-0.2, -0.15) is 0 Å². The number of amides is 1. The molecule has 2 aromatic rings. The van der Waals surface area contributed by atoms with Crippen LogP contribution in [0.2, 0.25) is 0 Å². The van der Waals surface area contributed by atoms with Gasteiger partial charge in [0.1, 0.15) is 5.82 Å². The third-order valence-electron chi connectivity index (χ3n) is 6.82. The summed E-state index contributed by atoms with van der Waals surface area (Å²) >= 11 is 0. The minimum Gasteiger partial charge on any atom is -0.394 e. The van der Waals surface area contributed by atoms with Crippen LogP contribution < -0.4 is 15.1 Å². The molecule has 1 saturated carbocycles. The van der Waals surface area contributed by atoms with E-state index in [0.717, 1.165) is 55.8 Å². The summed E-state index contributed by atoms with van der Waals surface area (Å²) in [5.41, 5.74) is 3.37. The van der Waals surface area contributed by atoms with Gasteiger partial charge < -0.3 is 25.0 Å². The van der Waals surface area contributed by atoms with Crippen molar-refractivity contribution in [3.8, 4) is 0 Å². The fourth-order valence-electron chi connectivity index (χ4n) is 4.94. The second-order valence-electron chi connectivity index (χ2n) is 10.2. The average molecular weight is 561 g/mol. The number of hydrogen-bond donors (Lipinski definition) is 2. The molecule has 39 heavy (non-hydrogen) atoms. The van der Waals surface area contributed by atoms with E-state index in [1.54, 1.807) is 19.9 Å². The van der Waals surface area contributed by atoms with Gasteiger partial charge in [-0.3, -0.25) is 4.79 Å². The molecule has 216 valence electrons. The van der Waals surface area contributed by atoms with Crippen molar-refractivity contribution in [2.24, 2.45) is 5.92 Å². The Balaban J connectivity index is 0.000000644. The molecule has 2 fully saturated rings. The molecule has 0 radical (unpaired) electrons. The summed E-state index contributed by atoms with van der Waals surface area (Å²) in [4.78, 5) is 22.4. The van der Waals surface area contributed by atoms with Crippen LogP contribution in [0.15, 0.2) is 35.4 Å². The minimum atomic E-state index is -3.41. The molecule has 1 amide bonds. The molecule has 10 heteroatoms. The summed E-state index contributed by atoms with van der Waals surface area (Å²) in [6, 6.07) is 7.75. The van der Waals surface area contributed by atoms with Crippen molar-refractivity contribution in [2.75, 3.05) is 47.7 Å². The number of morpholine rings is 1. The molecule has 0 atom stereocenters. The van der Waals surface area contributed by atoms with Crippen LogP contribution in [-0.2, 0) is 25.9 Å². The highest BCUT2D eigenvalue weighted by Gasteiger charge is 2.32. The van der Waals surface area contributed by atoms with Crippen molar-refractivity contribution in [1.82, 2.24) is 4.98 Å². The highest BCUT2D eigenvalue weighted by atomic mass is 32.2. The van der Waals surface area contributed by atoms with Crippen molar-refractivity contribution in [3.63, 3.8) is 0 Å². The number of aliphatic hydroxyl groups is 1. The van der Waals surface area contributed by atoms with E-state index in [4.69, 9.17) is 9.84 Å². The lowest BCUT2D eigenvalue weighted by atomic mass is 9.88. The van der Waals surface area contributed by atoms with Gasteiger partial charge in [0.05, 0.1) is 36.0 Å². The largest absolute Gasteiger partial charge is 0.394 e. The smallest absolute Gasteiger partial charge is 0.230 e. The Hall–Kier alpha value is -2.69. The van der Waals surface area contributed by atoms with Gasteiger partial charge in [-0.1, -0.05) is 33.1 Å². The Morgan fingerprint density at radius 1 is 1.10 bits per heavy atom. The summed E-state index contributed by atoms with van der Waals surface area (Å²) in [5.74, 6) is 0.683. The van der Waals surface area contributed by atoms with Crippen LogP contribution in [0.5, 0.6) is 0 Å². The zero-order chi connectivity index (χ0) is 28.6. The molecule has 3 heterocycles. The van der Waals surface area contributed by atoms with E-state index in [9.17, 15) is 13.2 Å². The standard InChI is InChI=1S/C24H30N4O4S.C3H8O.C2H6/c1-33(30,31)20-13-18-16-28(24(29)17-5-3-2-4-6-17)22-14-19(27-9-11-32-12-10-27)7-8-21(22)26-23(18)25-15-20;1-3(2)4;1-2/h7-8,13-15,17H,2-6,9-12,16H2,1H3,(H,25,26);3-4H,1-2H3;1-2H3. The number of sulfone groups is 1. The first-order valence-electron chi connectivity index (χ1n) is 14.1. The molecule has 0 unspecified atom stereocenters. The molecule has 2 N–H and O–H groups in total. The topological polar surface area (TPSA) is 112 Å². The molecule has 1 aromatic heterocycles. The van der Waals surface area contributed by atoms with Gasteiger partial charge >= 0.3 is 0 Å². The lowest BCUT2D eigenvalue weighted by molar-refractivity contribution is -0.123. The number of carbonyl (C=O) groups is 1. The first-order valence-corrected chi connectivity index (χ1v) is 15.9. The molecular weight excluding hydrogens is 516 g/mol. The number of carbonyl (C=O) groups excluding carboxylic acids is 1. The van der Waals surface area contributed by atoms with Crippen LogP contribution in [0.1, 0.15) is 65.4 Å². The molecule has 0 spiro atoms. The number of fused-ring (bicyclic) bond motifs is 2. The summed E-state index contributed by atoms with van der Waals surface area (Å²) in [6.45, 7) is 10.7. The zero-order valence-electron chi connectivity index (χ0n) is 23.9. The second kappa shape index (κ2) is 14.1. The molecule has 1 saturated heterocycles. The lowest BCUT2D eigenvalue weighted by Crippen LogP contribution is -2.38. The maximum Gasteiger partial charge on any atom is 0.230 e. The Labute approximate surface area is 233 Å². The Morgan fingerprint density at radius 3 is 2.36 bits per heavy atom. The van der Waals surface area contributed by atoms with Crippen molar-refractivity contribution in [3.05, 3.63) is 36.0 Å². The van der Waals surface area contributed by atoms with Gasteiger partial charge in [0.2, 0.25) is 5.91 Å². The summed E-state index contributed by atoms with van der Waals surface area (Å²) in [6.07, 6.45) is 7.49. The van der Waals surface area contributed by atoms with E-state index in [0.29, 0.717) is 24.6 Å². The van der Waals surface area contributed by atoms with Gasteiger partial charge in [-0.25, -0.2) is 13.4 Å². The molecule has 0 bridgehead atoms. The Morgan fingerprint density at radius 2 is 1.74 bits per heavy atom. The SMILES string of the molecule is CC.CC(C)O.CS(=O)(=O)c1cnc2c(c1)CN(C(=O)C1CCCCC1)c1cc(N3CCOCC3)ccc1N2. The predicted octanol–water partition coefficient (Wildman–Crippen LogP) is 4.91. The number of rotatable bonds is 3. The maximum absolute atomic E-state index is 13.8. The van der Waals surface area contributed by atoms with E-state index in [1.165, 1.54) is 18.9 Å². The number of aromatic nitrogens is 1. The predicted molar refractivity (Wildman–Crippen MR) is 157 cm³/mol. The monoisotopic (exact) mass is 560 g/mol. The van der Waals surface area contributed by atoms with Crippen LogP contribution >= 0.6 is 0 Å². The Bertz CT molecular complexity index is 1200. The molecule has 2 aliphatic heterocycles. The van der Waals surface area contributed by atoms with Gasteiger partial charge in [-0.05, 0) is 51.0 Å². The van der Waals surface area contributed by atoms with Crippen LogP contribution in [0.25, 0.3) is 0 Å². The van der Waals surface area contributed by atoms with Crippen molar-refractivity contribution in [2.45, 2.75) is 77.3 Å². The fraction of sp³-hybridized carbons (Fsp3) is 0.586. The number of aliphatic hydroxyl groups excluding tert-OH is 1. The average Bonchev–Trinajstić information content (AvgIpc) is 3.10. The number of ether oxygens (including phenoxy) is 1. The number of nitrogens with zero attached hydrogens (tertiary/aromatic N) is 3. The van der Waals surface area contributed by atoms with Gasteiger partial charge in [0.15, 0.2) is 9.84 Å². The van der Waals surface area contributed by atoms with Crippen LogP contribution in [0.4, 0.5) is 22.9 Å². The molecule has 3 aliphatic rings. The third kappa shape index (κ3) is 8.16. The summed E-state index contributed by atoms with van der Waals surface area (Å²) in [7, 11) is -3.41. The van der Waals surface area contributed by atoms with Gasteiger partial charge in [-0.15, -0.1) is 0 Å². The van der Waals surface area contributed by atoms with E-state index >= 15 is 0 Å². The quantitative estimate of drug-likeness (QED) is 0.545.